The number of carbonyl (C=O) groups is 2. The number of aromatic nitrogens is 2. The first-order valence-corrected chi connectivity index (χ1v) is 12.3. The van der Waals surface area contributed by atoms with Gasteiger partial charge in [-0.05, 0) is 56.7 Å². The number of alkyl halides is 6. The minimum absolute atomic E-state index is 0.0522. The number of H-pyrrole nitrogens is 1. The van der Waals surface area contributed by atoms with Gasteiger partial charge in [0.15, 0.2) is 0 Å². The van der Waals surface area contributed by atoms with E-state index in [1.165, 1.54) is 4.57 Å². The molecular weight excluding hydrogens is 522 g/mol. The van der Waals surface area contributed by atoms with Crippen LogP contribution < -0.4 is 11.0 Å². The topological polar surface area (TPSA) is 96.4 Å². The summed E-state index contributed by atoms with van der Waals surface area (Å²) in [5.74, 6) is -2.56. The largest absolute Gasteiger partial charge is 0.471 e. The fraction of sp³-hybridized carbons (Fsp3) is 0.625. The molecule has 2 aromatic rings. The van der Waals surface area contributed by atoms with Gasteiger partial charge in [0.25, 0.3) is 0 Å². The van der Waals surface area contributed by atoms with Gasteiger partial charge in [0.05, 0.1) is 28.1 Å². The third kappa shape index (κ3) is 4.26. The molecule has 0 radical (unpaired) electrons. The average Bonchev–Trinajstić information content (AvgIpc) is 3.43. The van der Waals surface area contributed by atoms with E-state index in [2.05, 4.69) is 10.3 Å². The van der Waals surface area contributed by atoms with Crippen molar-refractivity contribution in [2.45, 2.75) is 76.1 Å². The van der Waals surface area contributed by atoms with Crippen LogP contribution in [-0.2, 0) is 27.0 Å². The zero-order valence-corrected chi connectivity index (χ0v) is 20.3. The van der Waals surface area contributed by atoms with Gasteiger partial charge >= 0.3 is 23.9 Å². The number of benzene rings is 1. The zero-order valence-electron chi connectivity index (χ0n) is 20.3. The highest BCUT2D eigenvalue weighted by Crippen LogP contribution is 2.50. The summed E-state index contributed by atoms with van der Waals surface area (Å²) in [5, 5.41) is 2.65. The van der Waals surface area contributed by atoms with Gasteiger partial charge < -0.3 is 19.9 Å². The maximum absolute atomic E-state index is 13.6. The molecule has 208 valence electrons. The van der Waals surface area contributed by atoms with Crippen LogP contribution in [-0.4, -0.2) is 57.7 Å². The molecule has 2 amide bonds. The molecule has 1 spiro atoms. The van der Waals surface area contributed by atoms with Gasteiger partial charge in [-0.15, -0.1) is 0 Å². The first kappa shape index (κ1) is 26.6. The van der Waals surface area contributed by atoms with Crippen molar-refractivity contribution in [1.29, 1.82) is 0 Å². The number of rotatable bonds is 2. The number of halogens is 6. The van der Waals surface area contributed by atoms with Crippen LogP contribution in [0.2, 0.25) is 0 Å². The Morgan fingerprint density at radius 1 is 1.08 bits per heavy atom. The summed E-state index contributed by atoms with van der Waals surface area (Å²) in [5.41, 5.74) is -2.83. The molecule has 1 aliphatic carbocycles. The number of ether oxygens (including phenoxy) is 1. The highest BCUT2D eigenvalue weighted by molar-refractivity contribution is 5.88. The molecule has 1 saturated heterocycles. The second-order valence-corrected chi connectivity index (χ2v) is 10.3. The molecule has 1 saturated carbocycles. The first-order valence-electron chi connectivity index (χ1n) is 12.3. The fourth-order valence-electron chi connectivity index (χ4n) is 6.42. The van der Waals surface area contributed by atoms with E-state index in [1.807, 2.05) is 0 Å². The third-order valence-corrected chi connectivity index (χ3v) is 8.27. The predicted octanol–water partition coefficient (Wildman–Crippen LogP) is 3.65. The normalized spacial score (nSPS) is 26.9. The Balaban J connectivity index is 1.57. The molecule has 38 heavy (non-hydrogen) atoms. The summed E-state index contributed by atoms with van der Waals surface area (Å²) in [4.78, 5) is 42.4. The molecule has 1 aromatic carbocycles. The van der Waals surface area contributed by atoms with E-state index in [9.17, 15) is 40.7 Å². The lowest BCUT2D eigenvalue weighted by molar-refractivity contribution is -0.192. The standard InChI is InChI=1S/C24H26F6N4O4/c1-12-22(5-2-16(10-22)34(20(36)24(28,29)30)15-3-6-38-7-4-15)19(35)31-11-13-8-14(23(25,26)27)9-17-18(13)33(12)21(37)32-17/h8-9,12,15-16H,2-7,10-11H2,1H3,(H,31,35)(H,32,37)/t12?,16-,22+/m1/s1. The molecule has 8 nitrogen and oxygen atoms in total. The van der Waals surface area contributed by atoms with Crippen LogP contribution in [0.15, 0.2) is 16.9 Å². The van der Waals surface area contributed by atoms with Crippen molar-refractivity contribution in [2.75, 3.05) is 13.2 Å². The van der Waals surface area contributed by atoms with Crippen molar-refractivity contribution in [3.8, 4) is 0 Å². The van der Waals surface area contributed by atoms with E-state index in [0.717, 1.165) is 17.0 Å². The van der Waals surface area contributed by atoms with Crippen molar-refractivity contribution in [2.24, 2.45) is 5.41 Å². The Hall–Kier alpha value is -3.03. The molecule has 1 unspecified atom stereocenters. The van der Waals surface area contributed by atoms with Crippen LogP contribution in [0.4, 0.5) is 26.3 Å². The molecule has 5 rings (SSSR count). The predicted molar refractivity (Wildman–Crippen MR) is 121 cm³/mol. The van der Waals surface area contributed by atoms with Crippen LogP contribution in [0.1, 0.15) is 56.2 Å². The van der Waals surface area contributed by atoms with Crippen LogP contribution in [0.3, 0.4) is 0 Å². The average molecular weight is 548 g/mol. The summed E-state index contributed by atoms with van der Waals surface area (Å²) in [6, 6.07) is -0.845. The Morgan fingerprint density at radius 2 is 1.76 bits per heavy atom. The number of hydrogen-bond donors (Lipinski definition) is 2. The number of carbonyl (C=O) groups excluding carboxylic acids is 2. The summed E-state index contributed by atoms with van der Waals surface area (Å²) in [6.45, 7) is 1.66. The summed E-state index contributed by atoms with van der Waals surface area (Å²) in [7, 11) is 0. The number of nitrogens with one attached hydrogen (secondary N) is 2. The smallest absolute Gasteiger partial charge is 0.381 e. The van der Waals surface area contributed by atoms with E-state index in [1.54, 1.807) is 6.92 Å². The lowest BCUT2D eigenvalue weighted by Gasteiger charge is -2.41. The van der Waals surface area contributed by atoms with Crippen molar-refractivity contribution in [3.05, 3.63) is 33.7 Å². The SMILES string of the molecule is CC1n2c(=O)[nH]c3cc(C(F)(F)F)cc(c32)CNC(=O)[C@]12CC[C@@H](N(C(=O)C(F)(F)F)C1CCOCC1)C2. The van der Waals surface area contributed by atoms with Crippen LogP contribution in [0, 0.1) is 5.41 Å². The minimum atomic E-state index is -5.11. The van der Waals surface area contributed by atoms with Crippen LogP contribution >= 0.6 is 0 Å². The van der Waals surface area contributed by atoms with E-state index in [0.29, 0.717) is 0 Å². The van der Waals surface area contributed by atoms with Crippen molar-refractivity contribution in [3.63, 3.8) is 0 Å². The Bertz CT molecular complexity index is 1330. The number of aromatic amines is 1. The van der Waals surface area contributed by atoms with Crippen molar-refractivity contribution in [1.82, 2.24) is 19.8 Å². The van der Waals surface area contributed by atoms with E-state index >= 15 is 0 Å². The third-order valence-electron chi connectivity index (χ3n) is 8.27. The molecule has 2 aliphatic heterocycles. The molecule has 3 aliphatic rings. The Labute approximate surface area is 212 Å². The molecule has 3 heterocycles. The molecule has 0 bridgehead atoms. The molecule has 3 atom stereocenters. The molecule has 1 aromatic heterocycles. The van der Waals surface area contributed by atoms with Crippen LogP contribution in [0.5, 0.6) is 0 Å². The molecule has 14 heteroatoms. The second kappa shape index (κ2) is 9.02. The lowest BCUT2D eigenvalue weighted by Crippen LogP contribution is -2.54. The molecule has 2 fully saturated rings. The van der Waals surface area contributed by atoms with Gasteiger partial charge in [-0.3, -0.25) is 14.2 Å². The zero-order chi connectivity index (χ0) is 27.6. The van der Waals surface area contributed by atoms with Gasteiger partial charge in [-0.1, -0.05) is 0 Å². The van der Waals surface area contributed by atoms with E-state index in [4.69, 9.17) is 4.74 Å². The number of imidazole rings is 1. The maximum Gasteiger partial charge on any atom is 0.471 e. The highest BCUT2D eigenvalue weighted by atomic mass is 19.4. The second-order valence-electron chi connectivity index (χ2n) is 10.3. The van der Waals surface area contributed by atoms with Gasteiger partial charge in [0.2, 0.25) is 5.91 Å². The minimum Gasteiger partial charge on any atom is -0.381 e. The lowest BCUT2D eigenvalue weighted by atomic mass is 9.77. The maximum atomic E-state index is 13.6. The van der Waals surface area contributed by atoms with Crippen LogP contribution in [0.25, 0.3) is 11.0 Å². The first-order chi connectivity index (χ1) is 17.7. The fourth-order valence-corrected chi connectivity index (χ4v) is 6.42. The van der Waals surface area contributed by atoms with Gasteiger partial charge in [0, 0.05) is 31.8 Å². The van der Waals surface area contributed by atoms with E-state index in [-0.39, 0.29) is 68.5 Å². The van der Waals surface area contributed by atoms with Gasteiger partial charge in [-0.2, -0.15) is 26.3 Å². The quantitative estimate of drug-likeness (QED) is 0.561. The molecular formula is C24H26F6N4O4. The van der Waals surface area contributed by atoms with Crippen molar-refractivity contribution >= 4 is 22.8 Å². The van der Waals surface area contributed by atoms with Gasteiger partial charge in [0.1, 0.15) is 0 Å². The summed E-state index contributed by atoms with van der Waals surface area (Å²) in [6.07, 6.45) is -9.29. The van der Waals surface area contributed by atoms with Gasteiger partial charge in [-0.25, -0.2) is 4.79 Å². The summed E-state index contributed by atoms with van der Waals surface area (Å²) < 4.78 is 87.7. The molecule has 2 N–H and O–H groups in total. The highest BCUT2D eigenvalue weighted by Gasteiger charge is 2.56. The van der Waals surface area contributed by atoms with Crippen molar-refractivity contribution < 1.29 is 40.7 Å². The Morgan fingerprint density at radius 3 is 2.39 bits per heavy atom. The summed E-state index contributed by atoms with van der Waals surface area (Å²) >= 11 is 0. The Kier molecular flexibility index (Phi) is 6.31. The monoisotopic (exact) mass is 548 g/mol. The number of amides is 2. The van der Waals surface area contributed by atoms with E-state index < -0.39 is 59.0 Å². The number of hydrogen-bond acceptors (Lipinski definition) is 4. The number of nitrogens with zero attached hydrogens (tertiary/aromatic N) is 2.